The molecule has 0 saturated carbocycles. The number of unbranched alkanes of at least 4 members (excludes halogenated alkanes) is 10. The van der Waals surface area contributed by atoms with E-state index in [0.717, 1.165) is 28.0 Å². The molecule has 7 rings (SSSR count). The molecule has 60 heavy (non-hydrogen) atoms. The number of benzene rings is 4. The first-order valence-corrected chi connectivity index (χ1v) is 23.6. The standard InChI is InChI=1S/C53H73B2NO4/c1-11-13-15-17-19-23-35-53(36-24-20-18-16-14-12-2)47-32-22-21-31-45(47)46-34-33-44(39-48(46)53)56(42-29-25-27-40(37-42)54-57-49(3,4)50(5,6)58-54)43-30-26-28-41(38-43)55-59-51(7,8)52(9,10)60-55/h21-22,25-34,37-39H,11-20,23-24,35-36H2,1-10H3. The van der Waals surface area contributed by atoms with Gasteiger partial charge in [-0.15, -0.1) is 0 Å². The van der Waals surface area contributed by atoms with Crippen molar-refractivity contribution in [1.82, 2.24) is 0 Å². The molecule has 2 heterocycles. The van der Waals surface area contributed by atoms with Crippen molar-refractivity contribution in [1.29, 1.82) is 0 Å². The van der Waals surface area contributed by atoms with Crippen LogP contribution in [0.5, 0.6) is 0 Å². The summed E-state index contributed by atoms with van der Waals surface area (Å²) in [5.74, 6) is 0. The maximum Gasteiger partial charge on any atom is 0.494 e. The van der Waals surface area contributed by atoms with E-state index in [1.807, 2.05) is 0 Å². The Kier molecular flexibility index (Phi) is 13.5. The minimum absolute atomic E-state index is 0.0296. The van der Waals surface area contributed by atoms with Crippen molar-refractivity contribution in [2.24, 2.45) is 0 Å². The van der Waals surface area contributed by atoms with E-state index in [2.05, 4.69) is 165 Å². The first-order valence-electron chi connectivity index (χ1n) is 23.6. The Labute approximate surface area is 364 Å². The quantitative estimate of drug-likeness (QED) is 0.0697. The summed E-state index contributed by atoms with van der Waals surface area (Å²) in [4.78, 5) is 2.42. The maximum atomic E-state index is 6.61. The van der Waals surface area contributed by atoms with Crippen molar-refractivity contribution < 1.29 is 18.6 Å². The Morgan fingerprint density at radius 2 is 0.833 bits per heavy atom. The molecule has 320 valence electrons. The molecule has 1 aliphatic carbocycles. The van der Waals surface area contributed by atoms with Crippen LogP contribution >= 0.6 is 0 Å². The molecule has 4 aromatic carbocycles. The molecule has 0 bridgehead atoms. The van der Waals surface area contributed by atoms with Crippen molar-refractivity contribution in [3.63, 3.8) is 0 Å². The van der Waals surface area contributed by atoms with Crippen LogP contribution in [-0.2, 0) is 24.0 Å². The Morgan fingerprint density at radius 1 is 0.417 bits per heavy atom. The topological polar surface area (TPSA) is 40.2 Å². The first kappa shape index (κ1) is 44.7. The van der Waals surface area contributed by atoms with Crippen LogP contribution in [0, 0.1) is 0 Å². The Hall–Kier alpha value is -3.35. The molecular weight excluding hydrogens is 736 g/mol. The molecule has 0 atom stereocenters. The monoisotopic (exact) mass is 810 g/mol. The van der Waals surface area contributed by atoms with E-state index in [1.54, 1.807) is 0 Å². The number of hydrogen-bond donors (Lipinski definition) is 0. The lowest BCUT2D eigenvalue weighted by Gasteiger charge is -2.34. The van der Waals surface area contributed by atoms with Crippen molar-refractivity contribution in [2.75, 3.05) is 4.90 Å². The van der Waals surface area contributed by atoms with Crippen molar-refractivity contribution >= 4 is 42.2 Å². The molecule has 0 unspecified atom stereocenters. The highest BCUT2D eigenvalue weighted by Gasteiger charge is 2.53. The average Bonchev–Trinajstić information content (AvgIpc) is 3.72. The summed E-state index contributed by atoms with van der Waals surface area (Å²) in [7, 11) is -0.936. The third kappa shape index (κ3) is 8.94. The zero-order valence-corrected chi connectivity index (χ0v) is 38.8. The van der Waals surface area contributed by atoms with E-state index < -0.39 is 36.6 Å². The molecule has 2 aliphatic heterocycles. The van der Waals surface area contributed by atoms with Crippen molar-refractivity contribution in [3.05, 3.63) is 102 Å². The van der Waals surface area contributed by atoms with Crippen LogP contribution in [0.4, 0.5) is 17.1 Å². The van der Waals surface area contributed by atoms with Gasteiger partial charge in [-0.1, -0.05) is 145 Å². The molecule has 4 aromatic rings. The number of rotatable bonds is 19. The van der Waals surface area contributed by atoms with Crippen LogP contribution in [0.15, 0.2) is 91.0 Å². The highest BCUT2D eigenvalue weighted by Crippen LogP contribution is 2.55. The number of fused-ring (bicyclic) bond motifs is 3. The Morgan fingerprint density at radius 3 is 1.32 bits per heavy atom. The summed E-state index contributed by atoms with van der Waals surface area (Å²) in [6, 6.07) is 34.1. The van der Waals surface area contributed by atoms with Gasteiger partial charge in [-0.05, 0) is 138 Å². The zero-order valence-electron chi connectivity index (χ0n) is 38.8. The summed E-state index contributed by atoms with van der Waals surface area (Å²) in [5, 5.41) is 0. The normalized spacial score (nSPS) is 19.1. The number of anilines is 3. The largest absolute Gasteiger partial charge is 0.494 e. The summed E-state index contributed by atoms with van der Waals surface area (Å²) in [5.41, 5.74) is 9.31. The van der Waals surface area contributed by atoms with Gasteiger partial charge in [0.25, 0.3) is 0 Å². The van der Waals surface area contributed by atoms with Gasteiger partial charge in [-0.3, -0.25) is 0 Å². The molecule has 5 nitrogen and oxygen atoms in total. The molecule has 0 aromatic heterocycles. The van der Waals surface area contributed by atoms with Gasteiger partial charge >= 0.3 is 14.2 Å². The lowest BCUT2D eigenvalue weighted by molar-refractivity contribution is 0.00578. The lowest BCUT2D eigenvalue weighted by Crippen LogP contribution is -2.41. The average molecular weight is 810 g/mol. The second-order valence-electron chi connectivity index (χ2n) is 20.1. The Bertz CT molecular complexity index is 1950. The summed E-state index contributed by atoms with van der Waals surface area (Å²) < 4.78 is 26.4. The van der Waals surface area contributed by atoms with Gasteiger partial charge < -0.3 is 23.5 Å². The van der Waals surface area contributed by atoms with E-state index >= 15 is 0 Å². The molecule has 3 aliphatic rings. The predicted octanol–water partition coefficient (Wildman–Crippen LogP) is 13.5. The highest BCUT2D eigenvalue weighted by molar-refractivity contribution is 6.62. The summed E-state index contributed by atoms with van der Waals surface area (Å²) in [6.07, 6.45) is 18.0. The maximum absolute atomic E-state index is 6.61. The van der Waals surface area contributed by atoms with Gasteiger partial charge in [0.1, 0.15) is 0 Å². The third-order valence-corrected chi connectivity index (χ3v) is 14.7. The van der Waals surface area contributed by atoms with E-state index in [4.69, 9.17) is 18.6 Å². The molecular formula is C53H73B2NO4. The summed E-state index contributed by atoms with van der Waals surface area (Å²) in [6.45, 7) is 21.6. The van der Waals surface area contributed by atoms with Crippen molar-refractivity contribution in [2.45, 2.75) is 187 Å². The Balaban J connectivity index is 1.33. The lowest BCUT2D eigenvalue weighted by atomic mass is 9.70. The smallest absolute Gasteiger partial charge is 0.399 e. The second-order valence-corrected chi connectivity index (χ2v) is 20.1. The summed E-state index contributed by atoms with van der Waals surface area (Å²) >= 11 is 0. The first-order chi connectivity index (χ1) is 28.6. The molecule has 0 amide bonds. The molecule has 0 radical (unpaired) electrons. The zero-order chi connectivity index (χ0) is 42.8. The minimum atomic E-state index is -0.468. The van der Waals surface area contributed by atoms with E-state index in [1.165, 1.54) is 112 Å². The van der Waals surface area contributed by atoms with Gasteiger partial charge in [-0.2, -0.15) is 0 Å². The van der Waals surface area contributed by atoms with Gasteiger partial charge in [0, 0.05) is 22.5 Å². The SMILES string of the molecule is CCCCCCCCC1(CCCCCCCC)c2ccccc2-c2ccc(N(c3cccc(B4OC(C)(C)C(C)(C)O4)c3)c3cccc(B4OC(C)(C)C(C)(C)O4)c3)cc21. The molecule has 0 N–H and O–H groups in total. The minimum Gasteiger partial charge on any atom is -0.399 e. The fourth-order valence-corrected chi connectivity index (χ4v) is 9.69. The van der Waals surface area contributed by atoms with Crippen LogP contribution in [-0.4, -0.2) is 36.6 Å². The van der Waals surface area contributed by atoms with Crippen LogP contribution < -0.4 is 15.8 Å². The molecule has 2 fully saturated rings. The van der Waals surface area contributed by atoms with E-state index in [0.29, 0.717) is 0 Å². The van der Waals surface area contributed by atoms with Crippen LogP contribution in [0.1, 0.15) is 170 Å². The van der Waals surface area contributed by atoms with Crippen LogP contribution in [0.2, 0.25) is 0 Å². The number of nitrogens with zero attached hydrogens (tertiary/aromatic N) is 1. The van der Waals surface area contributed by atoms with Gasteiger partial charge in [0.15, 0.2) is 0 Å². The van der Waals surface area contributed by atoms with Gasteiger partial charge in [0.2, 0.25) is 0 Å². The second kappa shape index (κ2) is 18.2. The third-order valence-electron chi connectivity index (χ3n) is 14.7. The van der Waals surface area contributed by atoms with E-state index in [-0.39, 0.29) is 5.41 Å². The molecule has 2 saturated heterocycles. The van der Waals surface area contributed by atoms with Gasteiger partial charge in [-0.25, -0.2) is 0 Å². The number of hydrogen-bond acceptors (Lipinski definition) is 5. The fourth-order valence-electron chi connectivity index (χ4n) is 9.69. The fraction of sp³-hybridized carbons (Fsp3) is 0.547. The van der Waals surface area contributed by atoms with Crippen molar-refractivity contribution in [3.8, 4) is 11.1 Å². The van der Waals surface area contributed by atoms with Crippen LogP contribution in [0.25, 0.3) is 11.1 Å². The van der Waals surface area contributed by atoms with E-state index in [9.17, 15) is 0 Å². The highest BCUT2D eigenvalue weighted by atomic mass is 16.7. The van der Waals surface area contributed by atoms with Crippen LogP contribution in [0.3, 0.4) is 0 Å². The van der Waals surface area contributed by atoms with Gasteiger partial charge in [0.05, 0.1) is 22.4 Å². The molecule has 7 heteroatoms. The molecule has 0 spiro atoms. The predicted molar refractivity (Wildman–Crippen MR) is 255 cm³/mol.